The molecule has 0 atom stereocenters. The highest BCUT2D eigenvalue weighted by Gasteiger charge is 2.15. The number of nitrogens with zero attached hydrogens (tertiary/aromatic N) is 3. The van der Waals surface area contributed by atoms with Crippen LogP contribution in [0.3, 0.4) is 0 Å². The van der Waals surface area contributed by atoms with Gasteiger partial charge < -0.3 is 4.42 Å². The van der Waals surface area contributed by atoms with Gasteiger partial charge in [0, 0.05) is 28.3 Å². The average Bonchev–Trinajstić information content (AvgIpc) is 3.46. The molecule has 0 aliphatic carbocycles. The van der Waals surface area contributed by atoms with Crippen molar-refractivity contribution >= 4 is 43.7 Å². The third-order valence-corrected chi connectivity index (χ3v) is 7.32. The Morgan fingerprint density at radius 2 is 1.28 bits per heavy atom. The molecule has 0 aliphatic rings. The molecule has 0 radical (unpaired) electrons. The van der Waals surface area contributed by atoms with Crippen LogP contribution in [0.4, 0.5) is 0 Å². The first-order valence-corrected chi connectivity index (χ1v) is 12.9. The van der Waals surface area contributed by atoms with Gasteiger partial charge in [0.2, 0.25) is 5.89 Å². The quantitative estimate of drug-likeness (QED) is 0.228. The summed E-state index contributed by atoms with van der Waals surface area (Å²) in [4.78, 5) is 14.5. The maximum Gasteiger partial charge on any atom is 0.227 e. The molecule has 0 aliphatic heterocycles. The van der Waals surface area contributed by atoms with Crippen LogP contribution in [0.25, 0.3) is 77.5 Å². The molecule has 0 spiro atoms. The number of aromatic nitrogens is 3. The second kappa shape index (κ2) is 8.61. The third-order valence-electron chi connectivity index (χ3n) is 7.32. The fourth-order valence-electron chi connectivity index (χ4n) is 5.43. The highest BCUT2D eigenvalue weighted by Crippen LogP contribution is 2.37. The molecule has 39 heavy (non-hydrogen) atoms. The molecule has 0 unspecified atom stereocenters. The van der Waals surface area contributed by atoms with E-state index in [1.165, 1.54) is 0 Å². The first kappa shape index (κ1) is 21.7. The van der Waals surface area contributed by atoms with Crippen molar-refractivity contribution in [3.8, 4) is 33.8 Å². The SMILES string of the molecule is c1ccc(-c2nc3ccc4ccc5ccc(-c6cc(-c7ccccc7)c7ncccc7n6)cc5c4c3o2)cc1. The van der Waals surface area contributed by atoms with E-state index in [4.69, 9.17) is 14.4 Å². The predicted molar refractivity (Wildman–Crippen MR) is 158 cm³/mol. The normalized spacial score (nSPS) is 11.6. The number of pyridine rings is 2. The highest BCUT2D eigenvalue weighted by molar-refractivity contribution is 6.18. The fraction of sp³-hybridized carbons (Fsp3) is 0. The number of hydrogen-bond acceptors (Lipinski definition) is 4. The molecule has 0 amide bonds. The number of oxazole rings is 1. The van der Waals surface area contributed by atoms with Gasteiger partial charge in [0.25, 0.3) is 0 Å². The lowest BCUT2D eigenvalue weighted by atomic mass is 9.96. The summed E-state index contributed by atoms with van der Waals surface area (Å²) in [5.41, 5.74) is 8.51. The minimum absolute atomic E-state index is 0.627. The van der Waals surface area contributed by atoms with E-state index in [2.05, 4.69) is 71.7 Å². The van der Waals surface area contributed by atoms with Gasteiger partial charge >= 0.3 is 0 Å². The maximum atomic E-state index is 6.42. The van der Waals surface area contributed by atoms with Gasteiger partial charge in [-0.2, -0.15) is 0 Å². The third kappa shape index (κ3) is 3.57. The number of rotatable bonds is 3. The lowest BCUT2D eigenvalue weighted by molar-refractivity contribution is 0.623. The van der Waals surface area contributed by atoms with E-state index in [1.54, 1.807) is 0 Å². The molecule has 8 rings (SSSR count). The minimum atomic E-state index is 0.627. The van der Waals surface area contributed by atoms with Crippen LogP contribution in [0, 0.1) is 0 Å². The molecular formula is C35H21N3O. The predicted octanol–water partition coefficient (Wildman–Crippen LogP) is 9.08. The molecule has 0 bridgehead atoms. The molecule has 4 nitrogen and oxygen atoms in total. The van der Waals surface area contributed by atoms with Crippen molar-refractivity contribution in [2.24, 2.45) is 0 Å². The smallest absolute Gasteiger partial charge is 0.227 e. The van der Waals surface area contributed by atoms with Gasteiger partial charge in [-0.15, -0.1) is 0 Å². The Bertz CT molecular complexity index is 2170. The summed E-state index contributed by atoms with van der Waals surface area (Å²) in [5, 5.41) is 4.43. The first-order chi connectivity index (χ1) is 19.3. The van der Waals surface area contributed by atoms with E-state index < -0.39 is 0 Å². The van der Waals surface area contributed by atoms with Crippen molar-refractivity contribution in [2.45, 2.75) is 0 Å². The van der Waals surface area contributed by atoms with Crippen molar-refractivity contribution in [3.05, 3.63) is 128 Å². The standard InChI is InChI=1S/C35H21N3O/c1-3-8-22(9-4-1)28-21-31(37-29-12-7-19-36-33(28)29)26-16-14-23-13-15-24-17-18-30-34(32(24)27(23)20-26)39-35(38-30)25-10-5-2-6-11-25/h1-21H. The summed E-state index contributed by atoms with van der Waals surface area (Å²) in [6.07, 6.45) is 1.82. The van der Waals surface area contributed by atoms with Crippen molar-refractivity contribution < 1.29 is 4.42 Å². The highest BCUT2D eigenvalue weighted by atomic mass is 16.3. The van der Waals surface area contributed by atoms with Crippen LogP contribution in [0.15, 0.2) is 132 Å². The van der Waals surface area contributed by atoms with E-state index in [0.29, 0.717) is 5.89 Å². The Hall–Kier alpha value is -5.35. The van der Waals surface area contributed by atoms with Gasteiger partial charge in [0.15, 0.2) is 5.58 Å². The van der Waals surface area contributed by atoms with Crippen LogP contribution in [0.1, 0.15) is 0 Å². The molecule has 5 aromatic carbocycles. The lowest BCUT2D eigenvalue weighted by Gasteiger charge is -2.11. The van der Waals surface area contributed by atoms with Gasteiger partial charge in [-0.05, 0) is 64.2 Å². The zero-order valence-electron chi connectivity index (χ0n) is 20.9. The summed E-state index contributed by atoms with van der Waals surface area (Å²) in [7, 11) is 0. The van der Waals surface area contributed by atoms with Crippen LogP contribution in [0.2, 0.25) is 0 Å². The Balaban J connectivity index is 1.38. The zero-order valence-corrected chi connectivity index (χ0v) is 20.9. The zero-order chi connectivity index (χ0) is 25.8. The molecule has 0 saturated carbocycles. The second-order valence-corrected chi connectivity index (χ2v) is 9.69. The first-order valence-electron chi connectivity index (χ1n) is 12.9. The summed E-state index contributed by atoms with van der Waals surface area (Å²) in [6.45, 7) is 0. The van der Waals surface area contributed by atoms with Crippen LogP contribution in [0.5, 0.6) is 0 Å². The van der Waals surface area contributed by atoms with E-state index in [-0.39, 0.29) is 0 Å². The number of benzene rings is 5. The van der Waals surface area contributed by atoms with Crippen LogP contribution < -0.4 is 0 Å². The topological polar surface area (TPSA) is 51.8 Å². The van der Waals surface area contributed by atoms with Gasteiger partial charge in [-0.1, -0.05) is 78.9 Å². The van der Waals surface area contributed by atoms with E-state index in [1.807, 2.05) is 60.8 Å². The molecule has 0 N–H and O–H groups in total. The van der Waals surface area contributed by atoms with Crippen molar-refractivity contribution in [1.29, 1.82) is 0 Å². The van der Waals surface area contributed by atoms with Crippen molar-refractivity contribution in [2.75, 3.05) is 0 Å². The average molecular weight is 500 g/mol. The molecule has 4 heteroatoms. The minimum Gasteiger partial charge on any atom is -0.435 e. The fourth-order valence-corrected chi connectivity index (χ4v) is 5.43. The van der Waals surface area contributed by atoms with E-state index >= 15 is 0 Å². The molecule has 182 valence electrons. The molecule has 3 heterocycles. The molecular weight excluding hydrogens is 478 g/mol. The van der Waals surface area contributed by atoms with Crippen LogP contribution in [-0.4, -0.2) is 15.0 Å². The molecule has 0 saturated heterocycles. The Kier molecular flexibility index (Phi) is 4.79. The summed E-state index contributed by atoms with van der Waals surface area (Å²) < 4.78 is 6.42. The summed E-state index contributed by atoms with van der Waals surface area (Å²) >= 11 is 0. The lowest BCUT2D eigenvalue weighted by Crippen LogP contribution is -1.92. The van der Waals surface area contributed by atoms with E-state index in [9.17, 15) is 0 Å². The monoisotopic (exact) mass is 499 g/mol. The number of hydrogen-bond donors (Lipinski definition) is 0. The van der Waals surface area contributed by atoms with Gasteiger partial charge in [-0.25, -0.2) is 9.97 Å². The van der Waals surface area contributed by atoms with Crippen molar-refractivity contribution in [1.82, 2.24) is 15.0 Å². The van der Waals surface area contributed by atoms with Gasteiger partial charge in [0.1, 0.15) is 5.52 Å². The number of fused-ring (bicyclic) bond motifs is 6. The largest absolute Gasteiger partial charge is 0.435 e. The Morgan fingerprint density at radius 3 is 2.13 bits per heavy atom. The molecule has 8 aromatic rings. The van der Waals surface area contributed by atoms with Crippen LogP contribution >= 0.6 is 0 Å². The Labute approximate surface area is 224 Å². The second-order valence-electron chi connectivity index (χ2n) is 9.69. The van der Waals surface area contributed by atoms with Gasteiger partial charge in [-0.3, -0.25) is 4.98 Å². The molecule has 0 fully saturated rings. The van der Waals surface area contributed by atoms with Crippen molar-refractivity contribution in [3.63, 3.8) is 0 Å². The summed E-state index contributed by atoms with van der Waals surface area (Å²) in [6, 6.07) is 41.5. The maximum absolute atomic E-state index is 6.42. The Morgan fingerprint density at radius 1 is 0.538 bits per heavy atom. The van der Waals surface area contributed by atoms with E-state index in [0.717, 1.165) is 71.6 Å². The summed E-state index contributed by atoms with van der Waals surface area (Å²) in [5.74, 6) is 0.627. The van der Waals surface area contributed by atoms with Crippen LogP contribution in [-0.2, 0) is 0 Å². The van der Waals surface area contributed by atoms with Gasteiger partial charge in [0.05, 0.1) is 16.7 Å². The molecule has 3 aromatic heterocycles.